The van der Waals surface area contributed by atoms with Gasteiger partial charge in [-0.3, -0.25) is 0 Å². The molecule has 0 aromatic heterocycles. The minimum atomic E-state index is -2.48. The molecule has 0 bridgehead atoms. The summed E-state index contributed by atoms with van der Waals surface area (Å²) in [5.74, 6) is 2.99. The number of phenolic OH excluding ortho intramolecular Hbond substituents is 1. The van der Waals surface area contributed by atoms with Crippen LogP contribution < -0.4 is 0 Å². The van der Waals surface area contributed by atoms with Gasteiger partial charge in [0.15, 0.2) is 0 Å². The van der Waals surface area contributed by atoms with Crippen molar-refractivity contribution >= 4 is 30.0 Å². The van der Waals surface area contributed by atoms with Crippen molar-refractivity contribution in [1.82, 2.24) is 0 Å². The van der Waals surface area contributed by atoms with Crippen LogP contribution in [0.5, 0.6) is 5.75 Å². The summed E-state index contributed by atoms with van der Waals surface area (Å²) in [6.07, 6.45) is 15.6. The van der Waals surface area contributed by atoms with Gasteiger partial charge < -0.3 is 0 Å². The number of rotatable bonds is 12. The van der Waals surface area contributed by atoms with Gasteiger partial charge in [0.05, 0.1) is 0 Å². The molecule has 37 heavy (non-hydrogen) atoms. The minimum absolute atomic E-state index is 0.101. The Kier molecular flexibility index (Phi) is 10.1. The first-order valence-corrected chi connectivity index (χ1v) is 23.8. The van der Waals surface area contributed by atoms with E-state index < -0.39 is 24.0 Å². The zero-order chi connectivity index (χ0) is 26.7. The molecule has 1 unspecified atom stereocenters. The van der Waals surface area contributed by atoms with Crippen molar-refractivity contribution < 1.29 is 10.2 Å². The van der Waals surface area contributed by atoms with E-state index >= 15 is 0 Å². The Bertz CT molecular complexity index is 909. The average molecular weight is 636 g/mol. The summed E-state index contributed by atoms with van der Waals surface area (Å²) in [6, 6.07) is 6.01. The van der Waals surface area contributed by atoms with E-state index in [0.29, 0.717) is 35.3 Å². The molecule has 0 heterocycles. The fourth-order valence-electron chi connectivity index (χ4n) is 8.86. The summed E-state index contributed by atoms with van der Waals surface area (Å²) in [5.41, 5.74) is 1.93. The summed E-state index contributed by atoms with van der Waals surface area (Å²) in [6.45, 7) is 9.43. The third-order valence-electron chi connectivity index (χ3n) is 11.0. The molecule has 2 saturated carbocycles. The number of hydrogen-bond acceptors (Lipinski definition) is 2. The first kappa shape index (κ1) is 29.8. The van der Waals surface area contributed by atoms with Gasteiger partial charge in [-0.15, -0.1) is 0 Å². The third-order valence-corrected chi connectivity index (χ3v) is 25.5. The van der Waals surface area contributed by atoms with Gasteiger partial charge in [-0.1, -0.05) is 0 Å². The second-order valence-corrected chi connectivity index (χ2v) is 26.5. The first-order chi connectivity index (χ1) is 17.8. The van der Waals surface area contributed by atoms with E-state index in [1.54, 1.807) is 0 Å². The van der Waals surface area contributed by atoms with Gasteiger partial charge in [0.2, 0.25) is 0 Å². The molecule has 2 N–H and O–H groups in total. The fraction of sp³-hybridized carbons (Fsp3) is 0.758. The second kappa shape index (κ2) is 12.5. The molecule has 0 aliphatic heterocycles. The molecule has 0 radical (unpaired) electrons. The van der Waals surface area contributed by atoms with Gasteiger partial charge in [0.1, 0.15) is 0 Å². The van der Waals surface area contributed by atoms with Gasteiger partial charge in [-0.25, -0.2) is 0 Å². The number of aliphatic hydroxyl groups is 1. The van der Waals surface area contributed by atoms with Crippen LogP contribution in [-0.2, 0) is 6.42 Å². The number of benzene rings is 1. The van der Waals surface area contributed by atoms with Crippen molar-refractivity contribution in [2.24, 2.45) is 23.2 Å². The van der Waals surface area contributed by atoms with E-state index in [9.17, 15) is 10.2 Å². The third kappa shape index (κ3) is 5.83. The van der Waals surface area contributed by atoms with Crippen LogP contribution >= 0.6 is 11.6 Å². The molecule has 2 fully saturated rings. The van der Waals surface area contributed by atoms with Crippen LogP contribution in [0.4, 0.5) is 0 Å². The van der Waals surface area contributed by atoms with Crippen molar-refractivity contribution in [2.45, 2.75) is 123 Å². The first-order valence-electron chi connectivity index (χ1n) is 15.6. The van der Waals surface area contributed by atoms with Crippen molar-refractivity contribution in [1.29, 1.82) is 0 Å². The number of halogens is 1. The molecule has 0 saturated heterocycles. The van der Waals surface area contributed by atoms with E-state index in [1.165, 1.54) is 63.0 Å². The van der Waals surface area contributed by atoms with Gasteiger partial charge in [-0.05, 0) is 0 Å². The number of aryl methyl sites for hydroxylation is 1. The molecule has 6 atom stereocenters. The predicted molar refractivity (Wildman–Crippen MR) is 161 cm³/mol. The van der Waals surface area contributed by atoms with Crippen molar-refractivity contribution in [3.8, 4) is 5.75 Å². The second-order valence-electron chi connectivity index (χ2n) is 13.2. The molecule has 3 aliphatic rings. The Hall–Kier alpha value is -0.191. The van der Waals surface area contributed by atoms with Crippen molar-refractivity contribution in [2.75, 3.05) is 5.88 Å². The number of unbranched alkanes of at least 4 members (excludes halogenated alkanes) is 3. The zero-order valence-electron chi connectivity index (χ0n) is 24.1. The predicted octanol–water partition coefficient (Wildman–Crippen LogP) is 9.39. The Morgan fingerprint density at radius 1 is 1.03 bits per heavy atom. The number of phenols is 1. The standard InChI is InChI=1S/C21H26ClO2.3C4H9.Sn/c1-3-21(24)9-8-18-17-6-4-13-10-15(23)5-7-16(13)19(17)14(12-22)11-20(18,21)2;3*1-3-4-2;/h1,3,5,7,10,14,17-19,23-24H,4,6,8-9,11-12H2,2H3;3*1,3-4H2,2H3;/t14?,17-,18-,19+,20-,21-;;;;/m0..../s1. The number of fused-ring (bicyclic) bond motifs is 5. The quantitative estimate of drug-likeness (QED) is 0.177. The van der Waals surface area contributed by atoms with E-state index in [4.69, 9.17) is 11.6 Å². The van der Waals surface area contributed by atoms with E-state index in [0.717, 1.165) is 32.1 Å². The van der Waals surface area contributed by atoms with Crippen LogP contribution in [0.2, 0.25) is 13.3 Å². The molecule has 0 spiro atoms. The van der Waals surface area contributed by atoms with E-state index in [1.807, 2.05) is 12.1 Å². The maximum absolute atomic E-state index is 12.5. The SMILES string of the molecule is CCC[CH2][Sn](/[CH]=C/[C@]1(O)CC[C@H]2[C@@H]3CCc4cc(O)ccc4[C@H]3C(CCl)C[C@@]21C)([CH2]CCC)[CH2]CCC. The topological polar surface area (TPSA) is 40.5 Å². The molecule has 1 aromatic carbocycles. The van der Waals surface area contributed by atoms with Gasteiger partial charge in [0.25, 0.3) is 0 Å². The fourth-order valence-corrected chi connectivity index (χ4v) is 23.6. The maximum atomic E-state index is 12.5. The molecule has 0 amide bonds. The van der Waals surface area contributed by atoms with E-state index in [2.05, 4.69) is 43.9 Å². The van der Waals surface area contributed by atoms with Crippen molar-refractivity contribution in [3.05, 3.63) is 39.5 Å². The Balaban J connectivity index is 1.65. The Morgan fingerprint density at radius 2 is 1.68 bits per heavy atom. The molecule has 4 rings (SSSR count). The molecule has 3 aliphatic carbocycles. The Labute approximate surface area is 236 Å². The van der Waals surface area contributed by atoms with E-state index in [-0.39, 0.29) is 5.41 Å². The molecule has 4 heteroatoms. The number of alkyl halides is 1. The molecular formula is C33H53ClO2Sn. The number of hydrogen-bond donors (Lipinski definition) is 2. The van der Waals surface area contributed by atoms with Gasteiger partial charge in [0, 0.05) is 0 Å². The summed E-state index contributed by atoms with van der Waals surface area (Å²) in [7, 11) is 0. The Morgan fingerprint density at radius 3 is 2.27 bits per heavy atom. The number of aromatic hydroxyl groups is 1. The zero-order valence-corrected chi connectivity index (χ0v) is 27.7. The van der Waals surface area contributed by atoms with Crippen LogP contribution in [0.3, 0.4) is 0 Å². The average Bonchev–Trinajstić information content (AvgIpc) is 3.17. The van der Waals surface area contributed by atoms with Gasteiger partial charge in [-0.2, -0.15) is 0 Å². The molecular weight excluding hydrogens is 583 g/mol. The van der Waals surface area contributed by atoms with Crippen molar-refractivity contribution in [3.63, 3.8) is 0 Å². The van der Waals surface area contributed by atoms with Crippen LogP contribution in [0.25, 0.3) is 0 Å². The monoisotopic (exact) mass is 636 g/mol. The summed E-state index contributed by atoms with van der Waals surface area (Å²) in [5, 5.41) is 22.6. The summed E-state index contributed by atoms with van der Waals surface area (Å²) >= 11 is 4.24. The van der Waals surface area contributed by atoms with Gasteiger partial charge >= 0.3 is 238 Å². The van der Waals surface area contributed by atoms with Crippen LogP contribution in [0, 0.1) is 23.2 Å². The van der Waals surface area contributed by atoms with Crippen LogP contribution in [0.15, 0.2) is 28.4 Å². The van der Waals surface area contributed by atoms with Crippen LogP contribution in [-0.4, -0.2) is 40.1 Å². The molecule has 208 valence electrons. The normalized spacial score (nSPS) is 33.4. The van der Waals surface area contributed by atoms with Crippen LogP contribution in [0.1, 0.15) is 109 Å². The molecule has 2 nitrogen and oxygen atoms in total. The molecule has 1 aromatic rings. The summed E-state index contributed by atoms with van der Waals surface area (Å²) < 4.78 is 7.09. The summed E-state index contributed by atoms with van der Waals surface area (Å²) in [4.78, 5) is 0.